The topological polar surface area (TPSA) is 56.7 Å². The van der Waals surface area contributed by atoms with Gasteiger partial charge in [-0.1, -0.05) is 5.21 Å². The Hall–Kier alpha value is -1.75. The number of nitrogens with two attached hydrogens (primary N) is 1. The molecule has 0 fully saturated rings. The first kappa shape index (κ1) is 10.8. The van der Waals surface area contributed by atoms with E-state index in [1.165, 1.54) is 12.1 Å². The lowest BCUT2D eigenvalue weighted by Gasteiger charge is -2.13. The molecule has 1 aromatic heterocycles. The number of aromatic nitrogens is 3. The minimum absolute atomic E-state index is 0.275. The quantitative estimate of drug-likeness (QED) is 0.836. The summed E-state index contributed by atoms with van der Waals surface area (Å²) in [5.74, 6) is -0.275. The van der Waals surface area contributed by atoms with Crippen LogP contribution in [0.4, 0.5) is 4.39 Å². The predicted octanol–water partition coefficient (Wildman–Crippen LogP) is 1.60. The van der Waals surface area contributed by atoms with Crippen molar-refractivity contribution in [1.29, 1.82) is 0 Å². The first-order chi connectivity index (χ1) is 7.47. The molecule has 2 rings (SSSR count). The van der Waals surface area contributed by atoms with Crippen molar-refractivity contribution in [1.82, 2.24) is 15.0 Å². The Bertz CT molecular complexity index is 481. The maximum Gasteiger partial charge on any atom is 0.123 e. The number of hydrogen-bond donors (Lipinski definition) is 1. The monoisotopic (exact) mass is 220 g/mol. The average molecular weight is 220 g/mol. The third-order valence-corrected chi connectivity index (χ3v) is 2.24. The molecular formula is C11H13FN4. The number of rotatable bonds is 2. The summed E-state index contributed by atoms with van der Waals surface area (Å²) in [6.45, 7) is 3.71. The molecule has 84 valence electrons. The minimum atomic E-state index is -0.529. The minimum Gasteiger partial charge on any atom is -0.320 e. The zero-order valence-corrected chi connectivity index (χ0v) is 9.18. The normalized spacial score (nSPS) is 11.8. The van der Waals surface area contributed by atoms with E-state index in [4.69, 9.17) is 5.73 Å². The molecule has 1 heterocycles. The molecule has 0 aliphatic carbocycles. The SMILES string of the molecule is CC(C)(N)c1cn(-c2ccc(F)cc2)nn1. The summed E-state index contributed by atoms with van der Waals surface area (Å²) in [5, 5.41) is 7.93. The molecule has 16 heavy (non-hydrogen) atoms. The largest absolute Gasteiger partial charge is 0.320 e. The predicted molar refractivity (Wildman–Crippen MR) is 58.5 cm³/mol. The van der Waals surface area contributed by atoms with Crippen molar-refractivity contribution in [2.45, 2.75) is 19.4 Å². The zero-order valence-electron chi connectivity index (χ0n) is 9.18. The molecule has 4 nitrogen and oxygen atoms in total. The summed E-state index contributed by atoms with van der Waals surface area (Å²) < 4.78 is 14.3. The average Bonchev–Trinajstić information content (AvgIpc) is 2.67. The molecule has 1 aromatic carbocycles. The summed E-state index contributed by atoms with van der Waals surface area (Å²) in [6.07, 6.45) is 1.74. The second kappa shape index (κ2) is 3.68. The maximum atomic E-state index is 12.7. The molecule has 0 amide bonds. The fourth-order valence-corrected chi connectivity index (χ4v) is 1.28. The molecule has 0 saturated heterocycles. The first-order valence-corrected chi connectivity index (χ1v) is 4.94. The third-order valence-electron chi connectivity index (χ3n) is 2.24. The van der Waals surface area contributed by atoms with Crippen molar-refractivity contribution in [2.24, 2.45) is 5.73 Å². The maximum absolute atomic E-state index is 12.7. The van der Waals surface area contributed by atoms with Gasteiger partial charge in [-0.15, -0.1) is 5.10 Å². The molecule has 5 heteroatoms. The van der Waals surface area contributed by atoms with E-state index in [2.05, 4.69) is 10.3 Å². The molecule has 0 saturated carbocycles. The van der Waals surface area contributed by atoms with Crippen LogP contribution >= 0.6 is 0 Å². The molecule has 0 spiro atoms. The Kier molecular flexibility index (Phi) is 2.47. The molecule has 0 bridgehead atoms. The van der Waals surface area contributed by atoms with Crippen LogP contribution in [0.15, 0.2) is 30.5 Å². The van der Waals surface area contributed by atoms with Crippen molar-refractivity contribution in [2.75, 3.05) is 0 Å². The van der Waals surface area contributed by atoms with Crippen LogP contribution in [0.1, 0.15) is 19.5 Å². The summed E-state index contributed by atoms with van der Waals surface area (Å²) in [4.78, 5) is 0. The second-order valence-corrected chi connectivity index (χ2v) is 4.25. The molecule has 2 aromatic rings. The van der Waals surface area contributed by atoms with Gasteiger partial charge in [-0.3, -0.25) is 0 Å². The van der Waals surface area contributed by atoms with Crippen molar-refractivity contribution in [3.8, 4) is 5.69 Å². The van der Waals surface area contributed by atoms with Crippen LogP contribution in [0, 0.1) is 5.82 Å². The Morgan fingerprint density at radius 3 is 2.38 bits per heavy atom. The lowest BCUT2D eigenvalue weighted by molar-refractivity contribution is 0.533. The molecule has 0 atom stereocenters. The highest BCUT2D eigenvalue weighted by atomic mass is 19.1. The Morgan fingerprint density at radius 1 is 1.25 bits per heavy atom. The third kappa shape index (κ3) is 2.09. The highest BCUT2D eigenvalue weighted by Gasteiger charge is 2.18. The van der Waals surface area contributed by atoms with Gasteiger partial charge < -0.3 is 5.73 Å². The van der Waals surface area contributed by atoms with Crippen LogP contribution in [0.5, 0.6) is 0 Å². The molecular weight excluding hydrogens is 207 g/mol. The summed E-state index contributed by atoms with van der Waals surface area (Å²) in [7, 11) is 0. The van der Waals surface area contributed by atoms with E-state index in [1.807, 2.05) is 13.8 Å². The highest BCUT2D eigenvalue weighted by Crippen LogP contribution is 2.15. The standard InChI is InChI=1S/C11H13FN4/c1-11(2,13)10-7-16(15-14-10)9-5-3-8(12)4-6-9/h3-7H,13H2,1-2H3. The lowest BCUT2D eigenvalue weighted by Crippen LogP contribution is -2.29. The Labute approximate surface area is 92.9 Å². The van der Waals surface area contributed by atoms with Crippen LogP contribution in [0.2, 0.25) is 0 Å². The van der Waals surface area contributed by atoms with Gasteiger partial charge in [0.05, 0.1) is 17.4 Å². The van der Waals surface area contributed by atoms with E-state index < -0.39 is 5.54 Å². The molecule has 0 unspecified atom stereocenters. The van der Waals surface area contributed by atoms with Crippen molar-refractivity contribution in [3.63, 3.8) is 0 Å². The summed E-state index contributed by atoms with van der Waals surface area (Å²) >= 11 is 0. The Balaban J connectivity index is 2.35. The van der Waals surface area contributed by atoms with Crippen LogP contribution in [0.25, 0.3) is 5.69 Å². The fourth-order valence-electron chi connectivity index (χ4n) is 1.28. The number of nitrogens with zero attached hydrogens (tertiary/aromatic N) is 3. The number of halogens is 1. The highest BCUT2D eigenvalue weighted by molar-refractivity contribution is 5.31. The van der Waals surface area contributed by atoms with E-state index in [9.17, 15) is 4.39 Å². The van der Waals surface area contributed by atoms with E-state index in [0.717, 1.165) is 5.69 Å². The van der Waals surface area contributed by atoms with Crippen LogP contribution < -0.4 is 5.73 Å². The van der Waals surface area contributed by atoms with E-state index >= 15 is 0 Å². The lowest BCUT2D eigenvalue weighted by atomic mass is 10.0. The number of benzene rings is 1. The Morgan fingerprint density at radius 2 is 1.88 bits per heavy atom. The van der Waals surface area contributed by atoms with Gasteiger partial charge in [0.2, 0.25) is 0 Å². The van der Waals surface area contributed by atoms with E-state index in [-0.39, 0.29) is 5.82 Å². The fraction of sp³-hybridized carbons (Fsp3) is 0.273. The van der Waals surface area contributed by atoms with Crippen LogP contribution in [-0.4, -0.2) is 15.0 Å². The van der Waals surface area contributed by atoms with Gasteiger partial charge >= 0.3 is 0 Å². The van der Waals surface area contributed by atoms with Gasteiger partial charge in [0.15, 0.2) is 0 Å². The molecule has 2 N–H and O–H groups in total. The zero-order chi connectivity index (χ0) is 11.8. The van der Waals surface area contributed by atoms with Gasteiger partial charge in [0.25, 0.3) is 0 Å². The number of hydrogen-bond acceptors (Lipinski definition) is 3. The van der Waals surface area contributed by atoms with Gasteiger partial charge in [0, 0.05) is 0 Å². The summed E-state index contributed by atoms with van der Waals surface area (Å²) in [5.41, 5.74) is 6.81. The second-order valence-electron chi connectivity index (χ2n) is 4.25. The molecule has 0 radical (unpaired) electrons. The van der Waals surface area contributed by atoms with Gasteiger partial charge in [-0.25, -0.2) is 9.07 Å². The summed E-state index contributed by atoms with van der Waals surface area (Å²) in [6, 6.07) is 6.03. The van der Waals surface area contributed by atoms with Crippen LogP contribution in [-0.2, 0) is 5.54 Å². The van der Waals surface area contributed by atoms with Gasteiger partial charge in [-0.05, 0) is 38.1 Å². The first-order valence-electron chi connectivity index (χ1n) is 4.94. The van der Waals surface area contributed by atoms with Crippen molar-refractivity contribution >= 4 is 0 Å². The smallest absolute Gasteiger partial charge is 0.123 e. The van der Waals surface area contributed by atoms with E-state index in [1.54, 1.807) is 23.0 Å². The van der Waals surface area contributed by atoms with Gasteiger partial charge in [0.1, 0.15) is 11.5 Å². The van der Waals surface area contributed by atoms with Crippen molar-refractivity contribution in [3.05, 3.63) is 42.0 Å². The molecule has 0 aliphatic rings. The van der Waals surface area contributed by atoms with Crippen LogP contribution in [0.3, 0.4) is 0 Å². The van der Waals surface area contributed by atoms with E-state index in [0.29, 0.717) is 5.69 Å². The van der Waals surface area contributed by atoms with Crippen molar-refractivity contribution < 1.29 is 4.39 Å². The molecule has 0 aliphatic heterocycles. The van der Waals surface area contributed by atoms with Gasteiger partial charge in [-0.2, -0.15) is 0 Å².